The molecule has 0 unspecified atom stereocenters. The molecule has 0 spiro atoms. The number of carbonyl (C=O) groups is 2. The maximum absolute atomic E-state index is 12.8. The number of nitrogens with zero attached hydrogens (tertiary/aromatic N) is 2. The van der Waals surface area contributed by atoms with E-state index in [0.717, 1.165) is 10.5 Å². The third-order valence-electron chi connectivity index (χ3n) is 3.56. The van der Waals surface area contributed by atoms with Gasteiger partial charge < -0.3 is 18.8 Å². The van der Waals surface area contributed by atoms with E-state index in [2.05, 4.69) is 4.98 Å². The molecule has 1 aromatic carbocycles. The standard InChI is InChI=1S/C18H16N2O5/c1-12-16(19-17(25-12)13-6-3-2-4-7-13)18(23)20(11-15(21)22)10-14-8-5-9-24-14/h2-9H,10-11H2,1H3,(H,21,22). The van der Waals surface area contributed by atoms with Gasteiger partial charge in [0.25, 0.3) is 5.91 Å². The van der Waals surface area contributed by atoms with Crippen molar-refractivity contribution in [3.05, 3.63) is 65.9 Å². The molecule has 0 radical (unpaired) electrons. The van der Waals surface area contributed by atoms with E-state index in [1.807, 2.05) is 30.3 Å². The minimum atomic E-state index is -1.12. The molecule has 0 saturated carbocycles. The second kappa shape index (κ2) is 7.04. The monoisotopic (exact) mass is 340 g/mol. The first-order valence-electron chi connectivity index (χ1n) is 7.61. The van der Waals surface area contributed by atoms with Crippen molar-refractivity contribution in [2.24, 2.45) is 0 Å². The van der Waals surface area contributed by atoms with Crippen LogP contribution in [0.3, 0.4) is 0 Å². The number of aromatic nitrogens is 1. The lowest BCUT2D eigenvalue weighted by Gasteiger charge is -2.18. The van der Waals surface area contributed by atoms with Gasteiger partial charge in [0.05, 0.1) is 12.8 Å². The molecular formula is C18H16N2O5. The summed E-state index contributed by atoms with van der Waals surface area (Å²) in [6.45, 7) is 1.19. The van der Waals surface area contributed by atoms with Crippen LogP contribution in [0.5, 0.6) is 0 Å². The van der Waals surface area contributed by atoms with Gasteiger partial charge in [-0.1, -0.05) is 18.2 Å². The Hall–Kier alpha value is -3.35. The van der Waals surface area contributed by atoms with Gasteiger partial charge in [0, 0.05) is 5.56 Å². The second-order valence-corrected chi connectivity index (χ2v) is 5.42. The molecule has 0 aliphatic carbocycles. The summed E-state index contributed by atoms with van der Waals surface area (Å²) >= 11 is 0. The minimum Gasteiger partial charge on any atom is -0.480 e. The third kappa shape index (κ3) is 3.77. The lowest BCUT2D eigenvalue weighted by atomic mass is 10.2. The Balaban J connectivity index is 1.88. The number of hydrogen-bond donors (Lipinski definition) is 1. The summed E-state index contributed by atoms with van der Waals surface area (Å²) in [6, 6.07) is 12.5. The van der Waals surface area contributed by atoms with Crippen molar-refractivity contribution in [1.82, 2.24) is 9.88 Å². The van der Waals surface area contributed by atoms with Gasteiger partial charge in [0.2, 0.25) is 5.89 Å². The molecule has 3 aromatic rings. The average molecular weight is 340 g/mol. The van der Waals surface area contributed by atoms with Crippen LogP contribution in [0.2, 0.25) is 0 Å². The summed E-state index contributed by atoms with van der Waals surface area (Å²) in [4.78, 5) is 29.3. The van der Waals surface area contributed by atoms with E-state index in [1.165, 1.54) is 6.26 Å². The largest absolute Gasteiger partial charge is 0.480 e. The lowest BCUT2D eigenvalue weighted by molar-refractivity contribution is -0.137. The van der Waals surface area contributed by atoms with Crippen LogP contribution < -0.4 is 0 Å². The van der Waals surface area contributed by atoms with Gasteiger partial charge in [-0.3, -0.25) is 9.59 Å². The number of aliphatic carboxylic acids is 1. The topological polar surface area (TPSA) is 96.8 Å². The zero-order chi connectivity index (χ0) is 17.8. The number of aryl methyl sites for hydroxylation is 1. The average Bonchev–Trinajstić information content (AvgIpc) is 3.23. The normalized spacial score (nSPS) is 10.6. The molecule has 3 rings (SSSR count). The van der Waals surface area contributed by atoms with E-state index in [-0.39, 0.29) is 12.2 Å². The van der Waals surface area contributed by atoms with Gasteiger partial charge in [-0.25, -0.2) is 4.98 Å². The molecule has 25 heavy (non-hydrogen) atoms. The molecule has 2 heterocycles. The van der Waals surface area contributed by atoms with Gasteiger partial charge in [-0.15, -0.1) is 0 Å². The van der Waals surface area contributed by atoms with Gasteiger partial charge in [0.15, 0.2) is 5.69 Å². The summed E-state index contributed by atoms with van der Waals surface area (Å²) < 4.78 is 10.8. The smallest absolute Gasteiger partial charge is 0.323 e. The van der Waals surface area contributed by atoms with E-state index >= 15 is 0 Å². The molecule has 7 nitrogen and oxygen atoms in total. The Kier molecular flexibility index (Phi) is 4.65. The molecule has 0 aliphatic rings. The number of oxazole rings is 1. The SMILES string of the molecule is Cc1oc(-c2ccccc2)nc1C(=O)N(CC(=O)O)Cc1ccco1. The van der Waals surface area contributed by atoms with Crippen LogP contribution in [0.4, 0.5) is 0 Å². The number of hydrogen-bond acceptors (Lipinski definition) is 5. The number of carboxylic acids is 1. The maximum atomic E-state index is 12.8. The summed E-state index contributed by atoms with van der Waals surface area (Å²) in [5, 5.41) is 9.09. The van der Waals surface area contributed by atoms with E-state index < -0.39 is 18.4 Å². The van der Waals surface area contributed by atoms with Crippen molar-refractivity contribution >= 4 is 11.9 Å². The van der Waals surface area contributed by atoms with Crippen LogP contribution in [0, 0.1) is 6.92 Å². The van der Waals surface area contributed by atoms with Gasteiger partial charge in [0.1, 0.15) is 18.1 Å². The summed E-state index contributed by atoms with van der Waals surface area (Å²) in [5.74, 6) is -0.515. The van der Waals surface area contributed by atoms with E-state index in [9.17, 15) is 9.59 Å². The van der Waals surface area contributed by atoms with Crippen molar-refractivity contribution in [1.29, 1.82) is 0 Å². The summed E-state index contributed by atoms with van der Waals surface area (Å²) in [5.41, 5.74) is 0.826. The first-order valence-corrected chi connectivity index (χ1v) is 7.61. The molecule has 0 bridgehead atoms. The van der Waals surface area contributed by atoms with Crippen molar-refractivity contribution < 1.29 is 23.5 Å². The Labute approximate surface area is 143 Å². The number of furan rings is 1. The van der Waals surface area contributed by atoms with Crippen molar-refractivity contribution in [2.45, 2.75) is 13.5 Å². The van der Waals surface area contributed by atoms with Gasteiger partial charge in [-0.2, -0.15) is 0 Å². The Morgan fingerprint density at radius 3 is 2.56 bits per heavy atom. The van der Waals surface area contributed by atoms with Crippen LogP contribution in [0.25, 0.3) is 11.5 Å². The molecule has 1 N–H and O–H groups in total. The number of carbonyl (C=O) groups excluding carboxylic acids is 1. The quantitative estimate of drug-likeness (QED) is 0.741. The van der Waals surface area contributed by atoms with Crippen molar-refractivity contribution in [3.63, 3.8) is 0 Å². The molecule has 0 fully saturated rings. The predicted octanol–water partition coefficient (Wildman–Crippen LogP) is 2.97. The number of carboxylic acid groups (broad SMARTS) is 1. The highest BCUT2D eigenvalue weighted by atomic mass is 16.4. The van der Waals surface area contributed by atoms with Crippen LogP contribution in [0.15, 0.2) is 57.6 Å². The zero-order valence-corrected chi connectivity index (χ0v) is 13.5. The molecule has 7 heteroatoms. The molecule has 2 aromatic heterocycles. The number of rotatable bonds is 6. The van der Waals surface area contributed by atoms with Gasteiger partial charge in [-0.05, 0) is 31.2 Å². The van der Waals surface area contributed by atoms with Crippen molar-refractivity contribution in [3.8, 4) is 11.5 Å². The predicted molar refractivity (Wildman–Crippen MR) is 87.8 cm³/mol. The van der Waals surface area contributed by atoms with E-state index in [1.54, 1.807) is 19.1 Å². The first-order chi connectivity index (χ1) is 12.0. The molecule has 0 aliphatic heterocycles. The Bertz CT molecular complexity index is 868. The molecule has 0 atom stereocenters. The second-order valence-electron chi connectivity index (χ2n) is 5.42. The van der Waals surface area contributed by atoms with E-state index in [4.69, 9.17) is 13.9 Å². The fourth-order valence-corrected chi connectivity index (χ4v) is 2.40. The zero-order valence-electron chi connectivity index (χ0n) is 13.5. The molecule has 1 amide bonds. The molecule has 128 valence electrons. The van der Waals surface area contributed by atoms with Crippen LogP contribution in [-0.4, -0.2) is 33.4 Å². The van der Waals surface area contributed by atoms with Crippen LogP contribution in [-0.2, 0) is 11.3 Å². The van der Waals surface area contributed by atoms with Crippen molar-refractivity contribution in [2.75, 3.05) is 6.54 Å². The summed E-state index contributed by atoms with van der Waals surface area (Å²) in [6.07, 6.45) is 1.47. The fourth-order valence-electron chi connectivity index (χ4n) is 2.40. The number of benzene rings is 1. The Morgan fingerprint density at radius 1 is 1.16 bits per heavy atom. The van der Waals surface area contributed by atoms with E-state index in [0.29, 0.717) is 17.4 Å². The highest BCUT2D eigenvalue weighted by Crippen LogP contribution is 2.22. The number of amides is 1. The fraction of sp³-hybridized carbons (Fsp3) is 0.167. The highest BCUT2D eigenvalue weighted by molar-refractivity contribution is 5.95. The third-order valence-corrected chi connectivity index (χ3v) is 3.56. The van der Waals surface area contributed by atoms with Gasteiger partial charge >= 0.3 is 5.97 Å². The first kappa shape index (κ1) is 16.5. The van der Waals surface area contributed by atoms with Crippen LogP contribution in [0.1, 0.15) is 22.0 Å². The summed E-state index contributed by atoms with van der Waals surface area (Å²) in [7, 11) is 0. The Morgan fingerprint density at radius 2 is 1.92 bits per heavy atom. The lowest BCUT2D eigenvalue weighted by Crippen LogP contribution is -2.35. The molecular weight excluding hydrogens is 324 g/mol. The minimum absolute atomic E-state index is 0.0328. The molecule has 0 saturated heterocycles. The maximum Gasteiger partial charge on any atom is 0.323 e. The van der Waals surface area contributed by atoms with Crippen LogP contribution >= 0.6 is 0 Å². The highest BCUT2D eigenvalue weighted by Gasteiger charge is 2.25.